The molecule has 0 spiro atoms. The normalized spacial score (nSPS) is 31.2. The monoisotopic (exact) mass is 398 g/mol. The Bertz CT molecular complexity index is 1020. The Morgan fingerprint density at radius 3 is 2.57 bits per heavy atom. The van der Waals surface area contributed by atoms with Gasteiger partial charge in [-0.1, -0.05) is 24.3 Å². The van der Waals surface area contributed by atoms with Gasteiger partial charge in [-0.3, -0.25) is 4.79 Å². The van der Waals surface area contributed by atoms with Crippen molar-refractivity contribution in [3.63, 3.8) is 0 Å². The number of rotatable bonds is 4. The molecule has 5 atom stereocenters. The van der Waals surface area contributed by atoms with E-state index in [1.165, 1.54) is 16.4 Å². The Balaban J connectivity index is 1.42. The molecule has 2 saturated carbocycles. The van der Waals surface area contributed by atoms with Crippen molar-refractivity contribution < 1.29 is 18.3 Å². The summed E-state index contributed by atoms with van der Waals surface area (Å²) in [5.41, 5.74) is 0.939. The Hall–Kier alpha value is -2.22. The molecule has 3 fully saturated rings. The van der Waals surface area contributed by atoms with Crippen LogP contribution in [-0.4, -0.2) is 42.4 Å². The van der Waals surface area contributed by atoms with Crippen LogP contribution in [0.2, 0.25) is 0 Å². The fourth-order valence-electron chi connectivity index (χ4n) is 5.29. The number of nitrogens with one attached hydrogen (secondary N) is 1. The van der Waals surface area contributed by atoms with Crippen LogP contribution in [0.3, 0.4) is 0 Å². The van der Waals surface area contributed by atoms with Gasteiger partial charge >= 0.3 is 0 Å². The lowest BCUT2D eigenvalue weighted by atomic mass is 9.88. The largest absolute Gasteiger partial charge is 0.391 e. The van der Waals surface area contributed by atoms with E-state index in [4.69, 9.17) is 0 Å². The lowest BCUT2D eigenvalue weighted by molar-refractivity contribution is 0.0731. The zero-order valence-corrected chi connectivity index (χ0v) is 16.0. The topological polar surface area (TPSA) is 86.7 Å². The SMILES string of the molecule is O=C(Nc1ccccc1)c1cccc(S(=O)(=O)N2CC3CC4CC3C2C4O)c1. The number of benzene rings is 2. The number of anilines is 1. The summed E-state index contributed by atoms with van der Waals surface area (Å²) in [6.45, 7) is 0.464. The molecule has 1 saturated heterocycles. The van der Waals surface area contributed by atoms with Gasteiger partial charge in [0.05, 0.1) is 17.0 Å². The van der Waals surface area contributed by atoms with Crippen molar-refractivity contribution >= 4 is 21.6 Å². The lowest BCUT2D eigenvalue weighted by Crippen LogP contribution is -2.43. The van der Waals surface area contributed by atoms with Crippen LogP contribution >= 0.6 is 0 Å². The lowest BCUT2D eigenvalue weighted by Gasteiger charge is -2.28. The Morgan fingerprint density at radius 2 is 1.82 bits per heavy atom. The standard InChI is InChI=1S/C21H22N2O4S/c24-20-14-9-15-12-23(19(20)18(15)11-14)28(26,27)17-8-4-5-13(10-17)21(25)22-16-6-2-1-3-7-16/h1-8,10,14-15,18-20,24H,9,11-12H2,(H,22,25). The minimum atomic E-state index is -3.77. The highest BCUT2D eigenvalue weighted by atomic mass is 32.2. The van der Waals surface area contributed by atoms with Crippen molar-refractivity contribution in [1.82, 2.24) is 4.31 Å². The number of para-hydroxylation sites is 1. The number of carbonyl (C=O) groups is 1. The molecule has 0 radical (unpaired) electrons. The molecule has 2 aliphatic carbocycles. The zero-order chi connectivity index (χ0) is 19.5. The maximum absolute atomic E-state index is 13.3. The zero-order valence-electron chi connectivity index (χ0n) is 15.2. The van der Waals surface area contributed by atoms with E-state index in [1.54, 1.807) is 24.3 Å². The second-order valence-corrected chi connectivity index (χ2v) is 9.95. The number of aliphatic hydroxyl groups is 1. The van der Waals surface area contributed by atoms with E-state index >= 15 is 0 Å². The van der Waals surface area contributed by atoms with Gasteiger partial charge in [0.15, 0.2) is 0 Å². The molecule has 5 unspecified atom stereocenters. The van der Waals surface area contributed by atoms with Crippen molar-refractivity contribution in [3.8, 4) is 0 Å². The van der Waals surface area contributed by atoms with Gasteiger partial charge < -0.3 is 10.4 Å². The molecule has 1 amide bonds. The van der Waals surface area contributed by atoms with Crippen LogP contribution in [0.1, 0.15) is 23.2 Å². The Kier molecular flexibility index (Phi) is 4.08. The molecule has 5 rings (SSSR count). The molecule has 7 heteroatoms. The van der Waals surface area contributed by atoms with Gasteiger partial charge in [-0.2, -0.15) is 4.31 Å². The molecule has 2 aromatic rings. The van der Waals surface area contributed by atoms with E-state index < -0.39 is 16.1 Å². The highest BCUT2D eigenvalue weighted by Gasteiger charge is 2.61. The summed E-state index contributed by atoms with van der Waals surface area (Å²) >= 11 is 0. The molecule has 0 aromatic heterocycles. The summed E-state index contributed by atoms with van der Waals surface area (Å²) in [7, 11) is -3.77. The number of fused-ring (bicyclic) bond motifs is 1. The fraction of sp³-hybridized carbons (Fsp3) is 0.381. The Morgan fingerprint density at radius 1 is 1.04 bits per heavy atom. The van der Waals surface area contributed by atoms with Crippen molar-refractivity contribution in [2.24, 2.45) is 17.8 Å². The third-order valence-electron chi connectivity index (χ3n) is 6.54. The Labute approximate surface area is 164 Å². The van der Waals surface area contributed by atoms with Gasteiger partial charge in [-0.15, -0.1) is 0 Å². The van der Waals surface area contributed by atoms with Crippen molar-refractivity contribution in [2.45, 2.75) is 29.9 Å². The van der Waals surface area contributed by atoms with E-state index in [9.17, 15) is 18.3 Å². The second-order valence-electron chi connectivity index (χ2n) is 8.06. The maximum Gasteiger partial charge on any atom is 0.255 e. The number of carbonyl (C=O) groups excluding carboxylic acids is 1. The molecule has 2 bridgehead atoms. The summed E-state index contributed by atoms with van der Waals surface area (Å²) < 4.78 is 28.1. The van der Waals surface area contributed by atoms with Crippen LogP contribution in [0.5, 0.6) is 0 Å². The van der Waals surface area contributed by atoms with Crippen LogP contribution in [-0.2, 0) is 10.0 Å². The summed E-state index contributed by atoms with van der Waals surface area (Å²) in [6, 6.07) is 14.9. The van der Waals surface area contributed by atoms with Gasteiger partial charge in [-0.05, 0) is 60.9 Å². The van der Waals surface area contributed by atoms with E-state index in [2.05, 4.69) is 5.32 Å². The third-order valence-corrected chi connectivity index (χ3v) is 8.40. The summed E-state index contributed by atoms with van der Waals surface area (Å²) in [5.74, 6) is 0.478. The first-order valence-electron chi connectivity index (χ1n) is 9.61. The number of sulfonamides is 1. The second kappa shape index (κ2) is 6.40. The first-order valence-corrected chi connectivity index (χ1v) is 11.1. The molecule has 6 nitrogen and oxygen atoms in total. The van der Waals surface area contributed by atoms with Gasteiger partial charge in [0.2, 0.25) is 10.0 Å². The van der Waals surface area contributed by atoms with E-state index in [0.29, 0.717) is 18.2 Å². The average Bonchev–Trinajstić information content (AvgIpc) is 3.32. The van der Waals surface area contributed by atoms with Crippen molar-refractivity contribution in [3.05, 3.63) is 60.2 Å². The van der Waals surface area contributed by atoms with Crippen LogP contribution in [0.4, 0.5) is 5.69 Å². The number of hydrogen-bond acceptors (Lipinski definition) is 4. The highest BCUT2D eigenvalue weighted by Crippen LogP contribution is 2.56. The smallest absolute Gasteiger partial charge is 0.255 e. The van der Waals surface area contributed by atoms with Crippen LogP contribution in [0, 0.1) is 17.8 Å². The summed E-state index contributed by atoms with van der Waals surface area (Å²) in [4.78, 5) is 12.7. The highest BCUT2D eigenvalue weighted by molar-refractivity contribution is 7.89. The van der Waals surface area contributed by atoms with Crippen molar-refractivity contribution in [2.75, 3.05) is 11.9 Å². The van der Waals surface area contributed by atoms with E-state index in [1.807, 2.05) is 18.2 Å². The first-order chi connectivity index (χ1) is 13.4. The number of hydrogen-bond donors (Lipinski definition) is 2. The predicted octanol–water partition coefficient (Wildman–Crippen LogP) is 2.33. The minimum absolute atomic E-state index is 0.102. The average molecular weight is 398 g/mol. The van der Waals surface area contributed by atoms with Gasteiger partial charge in [0.25, 0.3) is 5.91 Å². The van der Waals surface area contributed by atoms with E-state index in [-0.39, 0.29) is 34.2 Å². The molecule has 2 aromatic carbocycles. The van der Waals surface area contributed by atoms with Crippen molar-refractivity contribution in [1.29, 1.82) is 0 Å². The van der Waals surface area contributed by atoms with Gasteiger partial charge in [0, 0.05) is 17.8 Å². The molecule has 3 aliphatic rings. The summed E-state index contributed by atoms with van der Waals surface area (Å²) in [5, 5.41) is 13.3. The third kappa shape index (κ3) is 2.69. The van der Waals surface area contributed by atoms with Crippen LogP contribution < -0.4 is 5.32 Å². The number of amides is 1. The van der Waals surface area contributed by atoms with Gasteiger partial charge in [0.1, 0.15) is 0 Å². The number of aliphatic hydroxyl groups excluding tert-OH is 1. The molecule has 1 aliphatic heterocycles. The summed E-state index contributed by atoms with van der Waals surface area (Å²) in [6.07, 6.45) is 1.25. The fourth-order valence-corrected chi connectivity index (χ4v) is 7.08. The first kappa shape index (κ1) is 17.8. The van der Waals surface area contributed by atoms with Crippen LogP contribution in [0.15, 0.2) is 59.5 Å². The van der Waals surface area contributed by atoms with Gasteiger partial charge in [-0.25, -0.2) is 8.42 Å². The number of nitrogens with zero attached hydrogens (tertiary/aromatic N) is 1. The maximum atomic E-state index is 13.3. The molecule has 2 N–H and O–H groups in total. The molecular formula is C21H22N2O4S. The predicted molar refractivity (Wildman–Crippen MR) is 104 cm³/mol. The molecule has 28 heavy (non-hydrogen) atoms. The minimum Gasteiger partial charge on any atom is -0.391 e. The van der Waals surface area contributed by atoms with E-state index in [0.717, 1.165) is 12.8 Å². The molecular weight excluding hydrogens is 376 g/mol. The molecule has 146 valence electrons. The molecule has 1 heterocycles. The quantitative estimate of drug-likeness (QED) is 0.828. The van der Waals surface area contributed by atoms with Crippen LogP contribution in [0.25, 0.3) is 0 Å².